The summed E-state index contributed by atoms with van der Waals surface area (Å²) < 4.78 is 2.57. The molecule has 0 bridgehead atoms. The molecule has 1 aromatic heterocycles. The predicted molar refractivity (Wildman–Crippen MR) is 87.7 cm³/mol. The second kappa shape index (κ2) is 6.66. The molecule has 2 aromatic carbocycles. The van der Waals surface area contributed by atoms with Gasteiger partial charge < -0.3 is 0 Å². The van der Waals surface area contributed by atoms with Crippen molar-refractivity contribution in [3.63, 3.8) is 0 Å². The predicted octanol–water partition coefficient (Wildman–Crippen LogP) is 3.71. The number of hydrogen-bond donors (Lipinski definition) is 0. The summed E-state index contributed by atoms with van der Waals surface area (Å²) >= 11 is 3.39. The molecule has 0 saturated heterocycles. The van der Waals surface area contributed by atoms with E-state index in [9.17, 15) is 4.79 Å². The van der Waals surface area contributed by atoms with Gasteiger partial charge in [-0.2, -0.15) is 5.10 Å². The standard InChI is InChI=1S/C17H14BrN3O/c18-15-8-6-14(7-9-15)17(22)16(21-12-19-11-20-21)10-13-4-2-1-3-5-13/h1-9,11-12,16H,10H2. The van der Waals surface area contributed by atoms with Crippen LogP contribution in [0.5, 0.6) is 0 Å². The van der Waals surface area contributed by atoms with Crippen molar-refractivity contribution in [3.05, 3.63) is 82.9 Å². The number of Topliss-reactive ketones (excluding diaryl/α,β-unsaturated/α-hetero) is 1. The Hall–Kier alpha value is -2.27. The minimum Gasteiger partial charge on any atom is -0.292 e. The molecule has 3 aromatic rings. The van der Waals surface area contributed by atoms with Gasteiger partial charge in [0.05, 0.1) is 0 Å². The molecule has 0 aliphatic carbocycles. The number of hydrogen-bond acceptors (Lipinski definition) is 3. The lowest BCUT2D eigenvalue weighted by Crippen LogP contribution is -2.22. The van der Waals surface area contributed by atoms with Gasteiger partial charge in [0.15, 0.2) is 5.78 Å². The average Bonchev–Trinajstić information content (AvgIpc) is 3.08. The number of halogens is 1. The first kappa shape index (κ1) is 14.7. The van der Waals surface area contributed by atoms with Crippen LogP contribution in [0.1, 0.15) is 22.0 Å². The van der Waals surface area contributed by atoms with Crippen LogP contribution in [-0.2, 0) is 6.42 Å². The van der Waals surface area contributed by atoms with Crippen LogP contribution in [0.15, 0.2) is 71.7 Å². The van der Waals surface area contributed by atoms with E-state index in [1.165, 1.54) is 6.33 Å². The molecule has 1 unspecified atom stereocenters. The van der Waals surface area contributed by atoms with Gasteiger partial charge in [0.25, 0.3) is 0 Å². The SMILES string of the molecule is O=C(c1ccc(Br)cc1)C(Cc1ccccc1)n1cncn1. The molecule has 0 radical (unpaired) electrons. The summed E-state index contributed by atoms with van der Waals surface area (Å²) in [5, 5.41) is 4.15. The third-order valence-corrected chi connectivity index (χ3v) is 3.99. The molecule has 0 N–H and O–H groups in total. The molecule has 0 aliphatic heterocycles. The largest absolute Gasteiger partial charge is 0.292 e. The van der Waals surface area contributed by atoms with Gasteiger partial charge in [-0.05, 0) is 17.7 Å². The van der Waals surface area contributed by atoms with Gasteiger partial charge in [-0.3, -0.25) is 4.79 Å². The first-order valence-corrected chi connectivity index (χ1v) is 7.71. The summed E-state index contributed by atoms with van der Waals surface area (Å²) in [6.45, 7) is 0. The average molecular weight is 356 g/mol. The highest BCUT2D eigenvalue weighted by Gasteiger charge is 2.23. The number of rotatable bonds is 5. The quantitative estimate of drug-likeness (QED) is 0.655. The Morgan fingerprint density at radius 1 is 1.09 bits per heavy atom. The lowest BCUT2D eigenvalue weighted by molar-refractivity contribution is 0.0916. The van der Waals surface area contributed by atoms with E-state index in [0.717, 1.165) is 10.0 Å². The molecule has 1 heterocycles. The number of nitrogens with zero attached hydrogens (tertiary/aromatic N) is 3. The summed E-state index contributed by atoms with van der Waals surface area (Å²) in [7, 11) is 0. The van der Waals surface area contributed by atoms with Gasteiger partial charge in [-0.15, -0.1) is 0 Å². The zero-order valence-corrected chi connectivity index (χ0v) is 13.3. The van der Waals surface area contributed by atoms with E-state index in [-0.39, 0.29) is 5.78 Å². The Morgan fingerprint density at radius 2 is 1.82 bits per heavy atom. The van der Waals surface area contributed by atoms with Gasteiger partial charge in [0, 0.05) is 16.5 Å². The molecule has 1 atom stereocenters. The highest BCUT2D eigenvalue weighted by molar-refractivity contribution is 9.10. The molecule has 22 heavy (non-hydrogen) atoms. The van der Waals surface area contributed by atoms with Crippen LogP contribution in [0.2, 0.25) is 0 Å². The first-order valence-electron chi connectivity index (χ1n) is 6.92. The van der Waals surface area contributed by atoms with Crippen LogP contribution in [0, 0.1) is 0 Å². The summed E-state index contributed by atoms with van der Waals surface area (Å²) in [4.78, 5) is 16.8. The Balaban J connectivity index is 1.91. The molecule has 0 fully saturated rings. The number of benzene rings is 2. The normalized spacial score (nSPS) is 12.0. The maximum atomic E-state index is 12.9. The molecular weight excluding hydrogens is 342 g/mol. The van der Waals surface area contributed by atoms with Crippen LogP contribution in [0.4, 0.5) is 0 Å². The van der Waals surface area contributed by atoms with Crippen LogP contribution in [0.25, 0.3) is 0 Å². The maximum Gasteiger partial charge on any atom is 0.187 e. The van der Waals surface area contributed by atoms with Crippen molar-refractivity contribution in [2.75, 3.05) is 0 Å². The van der Waals surface area contributed by atoms with Crippen molar-refractivity contribution >= 4 is 21.7 Å². The summed E-state index contributed by atoms with van der Waals surface area (Å²) in [5.74, 6) is 0.0295. The maximum absolute atomic E-state index is 12.9. The van der Waals surface area contributed by atoms with Crippen molar-refractivity contribution in [3.8, 4) is 0 Å². The topological polar surface area (TPSA) is 47.8 Å². The fourth-order valence-corrected chi connectivity index (χ4v) is 2.59. The Bertz CT molecular complexity index is 739. The van der Waals surface area contributed by atoms with Crippen LogP contribution >= 0.6 is 15.9 Å². The minimum absolute atomic E-state index is 0.0295. The third kappa shape index (κ3) is 3.31. The molecule has 0 aliphatic rings. The highest BCUT2D eigenvalue weighted by Crippen LogP contribution is 2.20. The van der Waals surface area contributed by atoms with Gasteiger partial charge >= 0.3 is 0 Å². The molecular formula is C17H14BrN3O. The summed E-state index contributed by atoms with van der Waals surface area (Å²) in [6.07, 6.45) is 3.62. The van der Waals surface area contributed by atoms with Crippen molar-refractivity contribution in [1.29, 1.82) is 0 Å². The molecule has 0 spiro atoms. The van der Waals surface area contributed by atoms with Crippen molar-refractivity contribution in [2.45, 2.75) is 12.5 Å². The van der Waals surface area contributed by atoms with E-state index in [2.05, 4.69) is 26.0 Å². The number of carbonyl (C=O) groups excluding carboxylic acids is 1. The first-order chi connectivity index (χ1) is 10.7. The van der Waals surface area contributed by atoms with E-state index in [1.54, 1.807) is 11.0 Å². The molecule has 0 saturated carbocycles. The molecule has 110 valence electrons. The number of ketones is 1. The van der Waals surface area contributed by atoms with Gasteiger partial charge in [0.2, 0.25) is 0 Å². The Labute approximate surface area is 136 Å². The summed E-state index contributed by atoms with van der Waals surface area (Å²) in [5.41, 5.74) is 1.76. The lowest BCUT2D eigenvalue weighted by atomic mass is 9.98. The van der Waals surface area contributed by atoms with E-state index in [4.69, 9.17) is 0 Å². The Morgan fingerprint density at radius 3 is 2.45 bits per heavy atom. The van der Waals surface area contributed by atoms with Crippen LogP contribution in [0.3, 0.4) is 0 Å². The fourth-order valence-electron chi connectivity index (χ4n) is 2.33. The second-order valence-corrected chi connectivity index (χ2v) is 5.87. The minimum atomic E-state index is -0.397. The highest BCUT2D eigenvalue weighted by atomic mass is 79.9. The van der Waals surface area contributed by atoms with Crippen molar-refractivity contribution in [1.82, 2.24) is 14.8 Å². The van der Waals surface area contributed by atoms with E-state index >= 15 is 0 Å². The van der Waals surface area contributed by atoms with E-state index in [0.29, 0.717) is 12.0 Å². The molecule has 0 amide bonds. The van der Waals surface area contributed by atoms with E-state index < -0.39 is 6.04 Å². The molecule has 4 nitrogen and oxygen atoms in total. The van der Waals surface area contributed by atoms with Gasteiger partial charge in [-0.25, -0.2) is 9.67 Å². The van der Waals surface area contributed by atoms with E-state index in [1.807, 2.05) is 54.6 Å². The van der Waals surface area contributed by atoms with Crippen LogP contribution < -0.4 is 0 Å². The van der Waals surface area contributed by atoms with Gasteiger partial charge in [0.1, 0.15) is 18.7 Å². The zero-order valence-electron chi connectivity index (χ0n) is 11.8. The monoisotopic (exact) mass is 355 g/mol. The Kier molecular flexibility index (Phi) is 4.44. The number of aromatic nitrogens is 3. The van der Waals surface area contributed by atoms with Crippen LogP contribution in [-0.4, -0.2) is 20.5 Å². The molecule has 5 heteroatoms. The second-order valence-electron chi connectivity index (χ2n) is 4.95. The lowest BCUT2D eigenvalue weighted by Gasteiger charge is -2.16. The van der Waals surface area contributed by atoms with Crippen molar-refractivity contribution < 1.29 is 4.79 Å². The number of carbonyl (C=O) groups is 1. The van der Waals surface area contributed by atoms with Gasteiger partial charge in [-0.1, -0.05) is 58.4 Å². The smallest absolute Gasteiger partial charge is 0.187 e. The molecule has 3 rings (SSSR count). The summed E-state index contributed by atoms with van der Waals surface area (Å²) in [6, 6.07) is 16.9. The zero-order chi connectivity index (χ0) is 15.4. The van der Waals surface area contributed by atoms with Crippen molar-refractivity contribution in [2.24, 2.45) is 0 Å². The third-order valence-electron chi connectivity index (χ3n) is 3.46. The fraction of sp³-hybridized carbons (Fsp3) is 0.118.